The van der Waals surface area contributed by atoms with Crippen molar-refractivity contribution in [3.63, 3.8) is 0 Å². The highest BCUT2D eigenvalue weighted by Crippen LogP contribution is 2.19. The monoisotopic (exact) mass is 399 g/mol. The van der Waals surface area contributed by atoms with Crippen molar-refractivity contribution in [3.8, 4) is 5.75 Å². The molecule has 156 valence electrons. The van der Waals surface area contributed by atoms with Crippen molar-refractivity contribution in [2.75, 3.05) is 44.7 Å². The molecule has 8 nitrogen and oxygen atoms in total. The van der Waals surface area contributed by atoms with Crippen LogP contribution in [-0.2, 0) is 4.74 Å². The van der Waals surface area contributed by atoms with Gasteiger partial charge in [-0.3, -0.25) is 9.69 Å². The molecule has 0 bridgehead atoms. The Morgan fingerprint density at radius 1 is 1.21 bits per heavy atom. The molecule has 1 amide bonds. The molecule has 29 heavy (non-hydrogen) atoms. The highest BCUT2D eigenvalue weighted by molar-refractivity contribution is 5.92. The number of carbonyl (C=O) groups excluding carboxylic acids is 1. The number of hydrogen-bond donors (Lipinski definition) is 2. The second-order valence-corrected chi connectivity index (χ2v) is 7.24. The molecule has 1 aromatic carbocycles. The van der Waals surface area contributed by atoms with Gasteiger partial charge in [-0.2, -0.15) is 0 Å². The lowest BCUT2D eigenvalue weighted by Gasteiger charge is -2.26. The summed E-state index contributed by atoms with van der Waals surface area (Å²) in [5.41, 5.74) is 1.90. The van der Waals surface area contributed by atoms with Crippen LogP contribution in [-0.4, -0.2) is 66.3 Å². The Morgan fingerprint density at radius 3 is 2.62 bits per heavy atom. The molecule has 1 saturated heterocycles. The lowest BCUT2D eigenvalue weighted by Crippen LogP contribution is -2.41. The van der Waals surface area contributed by atoms with Gasteiger partial charge in [-0.05, 0) is 51.1 Å². The third-order valence-corrected chi connectivity index (χ3v) is 4.39. The molecule has 0 atom stereocenters. The Kier molecular flexibility index (Phi) is 7.37. The lowest BCUT2D eigenvalue weighted by atomic mass is 10.3. The van der Waals surface area contributed by atoms with Crippen molar-refractivity contribution < 1.29 is 14.3 Å². The summed E-state index contributed by atoms with van der Waals surface area (Å²) in [4.78, 5) is 23.5. The summed E-state index contributed by atoms with van der Waals surface area (Å²) in [5.74, 6) is 0.990. The molecule has 1 aliphatic heterocycles. The van der Waals surface area contributed by atoms with E-state index >= 15 is 0 Å². The number of nitrogens with one attached hydrogen (secondary N) is 2. The Labute approximate surface area is 171 Å². The van der Waals surface area contributed by atoms with Gasteiger partial charge in [0.1, 0.15) is 11.4 Å². The Morgan fingerprint density at radius 2 is 1.93 bits per heavy atom. The van der Waals surface area contributed by atoms with E-state index in [1.807, 2.05) is 45.0 Å². The maximum absolute atomic E-state index is 12.5. The van der Waals surface area contributed by atoms with Crippen LogP contribution >= 0.6 is 0 Å². The normalized spacial score (nSPS) is 14.6. The molecule has 0 spiro atoms. The second-order valence-electron chi connectivity index (χ2n) is 7.24. The molecule has 2 aromatic rings. The van der Waals surface area contributed by atoms with Crippen molar-refractivity contribution in [3.05, 3.63) is 41.7 Å². The Balaban J connectivity index is 1.57. The number of benzene rings is 1. The van der Waals surface area contributed by atoms with Gasteiger partial charge in [0.2, 0.25) is 5.95 Å². The first-order valence-corrected chi connectivity index (χ1v) is 9.97. The van der Waals surface area contributed by atoms with E-state index in [0.29, 0.717) is 18.2 Å². The molecule has 0 unspecified atom stereocenters. The average Bonchev–Trinajstić information content (AvgIpc) is 2.69. The van der Waals surface area contributed by atoms with Crippen LogP contribution < -0.4 is 15.4 Å². The number of hydrogen-bond acceptors (Lipinski definition) is 7. The van der Waals surface area contributed by atoms with Gasteiger partial charge in [-0.15, -0.1) is 0 Å². The van der Waals surface area contributed by atoms with Crippen molar-refractivity contribution >= 4 is 17.5 Å². The number of amides is 1. The summed E-state index contributed by atoms with van der Waals surface area (Å²) < 4.78 is 11.0. The van der Waals surface area contributed by atoms with E-state index in [2.05, 4.69) is 25.5 Å². The SMILES string of the molecule is Cc1cc(C(=O)NCCN2CCOCC2)nc(Nc2ccc(OC(C)C)cc2)n1. The fraction of sp³-hybridized carbons (Fsp3) is 0.476. The van der Waals surface area contributed by atoms with Gasteiger partial charge in [0, 0.05) is 37.6 Å². The highest BCUT2D eigenvalue weighted by atomic mass is 16.5. The third kappa shape index (κ3) is 6.69. The van der Waals surface area contributed by atoms with Crippen LogP contribution in [0.15, 0.2) is 30.3 Å². The van der Waals surface area contributed by atoms with Gasteiger partial charge in [-0.1, -0.05) is 0 Å². The smallest absolute Gasteiger partial charge is 0.270 e. The maximum atomic E-state index is 12.5. The number of aryl methyl sites for hydroxylation is 1. The summed E-state index contributed by atoms with van der Waals surface area (Å²) >= 11 is 0. The Hall–Kier alpha value is -2.71. The number of nitrogens with zero attached hydrogens (tertiary/aromatic N) is 3. The molecule has 3 rings (SSSR count). The lowest BCUT2D eigenvalue weighted by molar-refractivity contribution is 0.0383. The summed E-state index contributed by atoms with van der Waals surface area (Å²) in [7, 11) is 0. The maximum Gasteiger partial charge on any atom is 0.270 e. The molecular weight excluding hydrogens is 370 g/mol. The quantitative estimate of drug-likeness (QED) is 0.704. The molecular formula is C21H29N5O3. The first kappa shape index (κ1) is 21.0. The zero-order valence-electron chi connectivity index (χ0n) is 17.3. The van der Waals surface area contributed by atoms with Crippen molar-refractivity contribution in [2.45, 2.75) is 26.9 Å². The number of carbonyl (C=O) groups is 1. The number of rotatable bonds is 8. The van der Waals surface area contributed by atoms with E-state index in [9.17, 15) is 4.79 Å². The van der Waals surface area contributed by atoms with Gasteiger partial charge in [-0.25, -0.2) is 9.97 Å². The molecule has 0 aliphatic carbocycles. The minimum Gasteiger partial charge on any atom is -0.491 e. The van der Waals surface area contributed by atoms with E-state index in [-0.39, 0.29) is 12.0 Å². The predicted octanol–water partition coefficient (Wildman–Crippen LogP) is 2.38. The van der Waals surface area contributed by atoms with Crippen LogP contribution in [0.5, 0.6) is 5.75 Å². The number of aromatic nitrogens is 2. The van der Waals surface area contributed by atoms with Crippen LogP contribution in [0.25, 0.3) is 0 Å². The van der Waals surface area contributed by atoms with E-state index in [1.54, 1.807) is 6.07 Å². The molecule has 1 aliphatic rings. The van der Waals surface area contributed by atoms with Crippen LogP contribution in [0.1, 0.15) is 30.0 Å². The third-order valence-electron chi connectivity index (χ3n) is 4.39. The number of morpholine rings is 1. The van der Waals surface area contributed by atoms with Crippen LogP contribution in [0.3, 0.4) is 0 Å². The van der Waals surface area contributed by atoms with E-state index in [0.717, 1.165) is 50.0 Å². The minimum absolute atomic E-state index is 0.123. The fourth-order valence-electron chi connectivity index (χ4n) is 3.00. The summed E-state index contributed by atoms with van der Waals surface area (Å²) in [6.07, 6.45) is 0.123. The first-order valence-electron chi connectivity index (χ1n) is 9.97. The van der Waals surface area contributed by atoms with Gasteiger partial charge < -0.3 is 20.1 Å². The van der Waals surface area contributed by atoms with Gasteiger partial charge >= 0.3 is 0 Å². The van der Waals surface area contributed by atoms with Crippen molar-refractivity contribution in [2.24, 2.45) is 0 Å². The molecule has 2 heterocycles. The van der Waals surface area contributed by atoms with Gasteiger partial charge in [0.15, 0.2) is 0 Å². The largest absolute Gasteiger partial charge is 0.491 e. The van der Waals surface area contributed by atoms with Crippen LogP contribution in [0.2, 0.25) is 0 Å². The summed E-state index contributed by atoms with van der Waals surface area (Å²) in [6.45, 7) is 10.5. The zero-order valence-corrected chi connectivity index (χ0v) is 17.3. The molecule has 8 heteroatoms. The van der Waals surface area contributed by atoms with Gasteiger partial charge in [0.05, 0.1) is 19.3 Å². The number of ether oxygens (including phenoxy) is 2. The number of anilines is 2. The predicted molar refractivity (Wildman–Crippen MR) is 112 cm³/mol. The molecule has 1 fully saturated rings. The van der Waals surface area contributed by atoms with Crippen molar-refractivity contribution in [1.82, 2.24) is 20.2 Å². The van der Waals surface area contributed by atoms with E-state index < -0.39 is 0 Å². The topological polar surface area (TPSA) is 88.6 Å². The Bertz CT molecular complexity index is 804. The van der Waals surface area contributed by atoms with E-state index in [1.165, 1.54) is 0 Å². The van der Waals surface area contributed by atoms with Crippen LogP contribution in [0, 0.1) is 6.92 Å². The first-order chi connectivity index (χ1) is 14.0. The average molecular weight is 399 g/mol. The molecule has 0 saturated carbocycles. The van der Waals surface area contributed by atoms with Crippen molar-refractivity contribution in [1.29, 1.82) is 0 Å². The molecule has 2 N–H and O–H groups in total. The summed E-state index contributed by atoms with van der Waals surface area (Å²) in [6, 6.07) is 9.25. The minimum atomic E-state index is -0.201. The molecule has 1 aromatic heterocycles. The molecule has 0 radical (unpaired) electrons. The van der Waals surface area contributed by atoms with E-state index in [4.69, 9.17) is 9.47 Å². The fourth-order valence-corrected chi connectivity index (χ4v) is 3.00. The van der Waals surface area contributed by atoms with Gasteiger partial charge in [0.25, 0.3) is 5.91 Å². The standard InChI is InChI=1S/C21H29N5O3/c1-15(2)29-18-6-4-17(5-7-18)24-21-23-16(3)14-19(25-21)20(27)22-8-9-26-10-12-28-13-11-26/h4-7,14-15H,8-13H2,1-3H3,(H,22,27)(H,23,24,25). The highest BCUT2D eigenvalue weighted by Gasteiger charge is 2.13. The summed E-state index contributed by atoms with van der Waals surface area (Å²) in [5, 5.41) is 6.08. The second kappa shape index (κ2) is 10.2. The zero-order chi connectivity index (χ0) is 20.6. The van der Waals surface area contributed by atoms with Crippen LogP contribution in [0.4, 0.5) is 11.6 Å².